The molecule has 0 saturated heterocycles. The molecule has 0 rings (SSSR count). The maximum atomic E-state index is 12.9. The first-order valence-electron chi connectivity index (χ1n) is 29.2. The molecule has 0 aliphatic carbocycles. The quantitative estimate of drug-likeness (QED) is 0.0272. The Morgan fingerprint density at radius 1 is 0.507 bits per heavy atom. The summed E-state index contributed by atoms with van der Waals surface area (Å²) in [6.07, 6.45) is 63.3. The summed E-state index contributed by atoms with van der Waals surface area (Å²) in [6.45, 7) is 4.58. The van der Waals surface area contributed by atoms with Crippen LogP contribution in [0.2, 0.25) is 0 Å². The predicted molar refractivity (Wildman–Crippen MR) is 289 cm³/mol. The number of aliphatic hydroxyl groups excluding tert-OH is 1. The lowest BCUT2D eigenvalue weighted by molar-refractivity contribution is -0.870. The van der Waals surface area contributed by atoms with Crippen molar-refractivity contribution in [3.05, 3.63) is 24.3 Å². The van der Waals surface area contributed by atoms with Gasteiger partial charge >= 0.3 is 0 Å². The molecule has 0 aliphatic rings. The molecule has 8 nitrogen and oxygen atoms in total. The third-order valence-electron chi connectivity index (χ3n) is 13.4. The van der Waals surface area contributed by atoms with Gasteiger partial charge in [0.15, 0.2) is 0 Å². The van der Waals surface area contributed by atoms with Gasteiger partial charge in [-0.25, -0.2) is 0 Å². The third-order valence-corrected chi connectivity index (χ3v) is 14.4. The van der Waals surface area contributed by atoms with Gasteiger partial charge in [-0.05, 0) is 25.7 Å². The minimum absolute atomic E-state index is 0.00466. The van der Waals surface area contributed by atoms with E-state index >= 15 is 0 Å². The molecule has 0 radical (unpaired) electrons. The standard InChI is InChI=1S/C58H115N2O6P/c1-6-8-10-12-14-16-17-18-19-20-21-22-23-24-25-26-27-28-29-30-31-32-33-34-35-36-37-38-39-40-41-42-43-44-46-48-50-52-58(62)59-56(55-66-67(63,64)65-54-53-60(3,4)5)57(61)51-49-47-45-15-13-11-9-7-2/h13,15,49,51,56-57,61H,6-12,14,16-48,50,52-55H2,1-5H3,(H-,59,62,63,64)/b15-13+,51-49+. The van der Waals surface area contributed by atoms with Crippen molar-refractivity contribution in [1.82, 2.24) is 5.32 Å². The monoisotopic (exact) mass is 967 g/mol. The van der Waals surface area contributed by atoms with Crippen LogP contribution in [-0.4, -0.2) is 68.5 Å². The van der Waals surface area contributed by atoms with Gasteiger partial charge in [-0.3, -0.25) is 9.36 Å². The minimum atomic E-state index is -4.59. The van der Waals surface area contributed by atoms with Crippen LogP contribution >= 0.6 is 7.82 Å². The van der Waals surface area contributed by atoms with Crippen LogP contribution in [0.5, 0.6) is 0 Å². The maximum Gasteiger partial charge on any atom is 0.268 e. The normalized spacial score (nSPS) is 14.1. The number of nitrogens with one attached hydrogen (secondary N) is 1. The molecule has 0 bridgehead atoms. The summed E-state index contributed by atoms with van der Waals surface area (Å²) in [5, 5.41) is 13.7. The molecule has 0 aromatic rings. The molecule has 0 spiro atoms. The number of quaternary nitrogens is 1. The number of carbonyl (C=O) groups is 1. The molecule has 0 saturated carbocycles. The summed E-state index contributed by atoms with van der Waals surface area (Å²) < 4.78 is 23.2. The van der Waals surface area contributed by atoms with Crippen LogP contribution in [0, 0.1) is 0 Å². The number of carbonyl (C=O) groups excluding carboxylic acids is 1. The highest BCUT2D eigenvalue weighted by molar-refractivity contribution is 7.45. The fraction of sp³-hybridized carbons (Fsp3) is 0.914. The van der Waals surface area contributed by atoms with Crippen molar-refractivity contribution < 1.29 is 32.9 Å². The van der Waals surface area contributed by atoms with E-state index in [2.05, 4.69) is 31.3 Å². The number of unbranched alkanes of at least 4 members (excludes halogenated alkanes) is 39. The fourth-order valence-corrected chi connectivity index (χ4v) is 9.53. The van der Waals surface area contributed by atoms with Gasteiger partial charge in [-0.15, -0.1) is 0 Å². The molecular formula is C58H115N2O6P. The summed E-state index contributed by atoms with van der Waals surface area (Å²) in [7, 11) is 1.25. The van der Waals surface area contributed by atoms with Gasteiger partial charge in [0.25, 0.3) is 7.82 Å². The first kappa shape index (κ1) is 66.0. The fourth-order valence-electron chi connectivity index (χ4n) is 8.81. The van der Waals surface area contributed by atoms with Crippen molar-refractivity contribution >= 4 is 13.7 Å². The molecule has 67 heavy (non-hydrogen) atoms. The lowest BCUT2D eigenvalue weighted by Crippen LogP contribution is -2.45. The molecule has 0 fully saturated rings. The zero-order valence-corrected chi connectivity index (χ0v) is 46.3. The Hall–Kier alpha value is -1.02. The second-order valence-corrected chi connectivity index (χ2v) is 22.8. The van der Waals surface area contributed by atoms with Crippen LogP contribution in [0.3, 0.4) is 0 Å². The first-order valence-corrected chi connectivity index (χ1v) is 30.7. The molecule has 2 N–H and O–H groups in total. The highest BCUT2D eigenvalue weighted by Gasteiger charge is 2.23. The summed E-state index contributed by atoms with van der Waals surface area (Å²) in [5.74, 6) is -0.206. The topological polar surface area (TPSA) is 108 Å². The average molecular weight is 968 g/mol. The van der Waals surface area contributed by atoms with E-state index in [0.29, 0.717) is 17.4 Å². The number of rotatable bonds is 54. The van der Waals surface area contributed by atoms with E-state index in [1.165, 1.54) is 231 Å². The predicted octanol–water partition coefficient (Wildman–Crippen LogP) is 17.0. The lowest BCUT2D eigenvalue weighted by atomic mass is 10.0. The first-order chi connectivity index (χ1) is 32.5. The number of phosphoric acid groups is 1. The van der Waals surface area contributed by atoms with Gasteiger partial charge in [0.2, 0.25) is 5.91 Å². The van der Waals surface area contributed by atoms with Crippen LogP contribution in [0.25, 0.3) is 0 Å². The highest BCUT2D eigenvalue weighted by Crippen LogP contribution is 2.38. The lowest BCUT2D eigenvalue weighted by Gasteiger charge is -2.29. The van der Waals surface area contributed by atoms with Crippen LogP contribution < -0.4 is 10.2 Å². The Morgan fingerprint density at radius 2 is 0.836 bits per heavy atom. The van der Waals surface area contributed by atoms with Gasteiger partial charge in [0.1, 0.15) is 13.2 Å². The number of hydrogen-bond donors (Lipinski definition) is 2. The Kier molecular flexibility index (Phi) is 49.2. The number of phosphoric ester groups is 1. The largest absolute Gasteiger partial charge is 0.756 e. The van der Waals surface area contributed by atoms with Crippen molar-refractivity contribution in [3.63, 3.8) is 0 Å². The summed E-state index contributed by atoms with van der Waals surface area (Å²) in [4.78, 5) is 25.3. The van der Waals surface area contributed by atoms with Crippen molar-refractivity contribution in [3.8, 4) is 0 Å². The molecule has 3 atom stereocenters. The Balaban J connectivity index is 3.76. The van der Waals surface area contributed by atoms with Crippen molar-refractivity contribution in [2.45, 2.75) is 302 Å². The van der Waals surface area contributed by atoms with Crippen molar-refractivity contribution in [2.24, 2.45) is 0 Å². The van der Waals surface area contributed by atoms with Gasteiger partial charge < -0.3 is 28.8 Å². The molecule has 398 valence electrons. The summed E-state index contributed by atoms with van der Waals surface area (Å²) in [6, 6.07) is -0.897. The second-order valence-electron chi connectivity index (χ2n) is 21.4. The number of hydrogen-bond acceptors (Lipinski definition) is 6. The summed E-state index contributed by atoms with van der Waals surface area (Å²) >= 11 is 0. The van der Waals surface area contributed by atoms with E-state index in [0.717, 1.165) is 38.5 Å². The minimum Gasteiger partial charge on any atom is -0.756 e. The van der Waals surface area contributed by atoms with Gasteiger partial charge in [-0.1, -0.05) is 282 Å². The van der Waals surface area contributed by atoms with Crippen LogP contribution in [0.15, 0.2) is 24.3 Å². The van der Waals surface area contributed by atoms with Gasteiger partial charge in [0, 0.05) is 6.42 Å². The van der Waals surface area contributed by atoms with E-state index in [1.54, 1.807) is 6.08 Å². The number of likely N-dealkylation sites (N-methyl/N-ethyl adjacent to an activating group) is 1. The third kappa shape index (κ3) is 52.6. The molecule has 0 aliphatic heterocycles. The van der Waals surface area contributed by atoms with Crippen LogP contribution in [0.4, 0.5) is 0 Å². The SMILES string of the molecule is CCCC/C=C/CC/C=C/C(O)C(COP(=O)([O-])OCC[N+](C)(C)C)NC(=O)CCCCCCCCCCCCCCCCCCCCCCCCCCCCCCCCCCCCCCC. The molecular weight excluding hydrogens is 852 g/mol. The Morgan fingerprint density at radius 3 is 1.19 bits per heavy atom. The molecule has 9 heteroatoms. The number of allylic oxidation sites excluding steroid dienone is 3. The molecule has 0 aromatic heterocycles. The summed E-state index contributed by atoms with van der Waals surface area (Å²) in [5.41, 5.74) is 0. The van der Waals surface area contributed by atoms with E-state index in [-0.39, 0.29) is 19.1 Å². The van der Waals surface area contributed by atoms with Crippen LogP contribution in [0.1, 0.15) is 290 Å². The smallest absolute Gasteiger partial charge is 0.268 e. The Bertz CT molecular complexity index is 1140. The van der Waals surface area contributed by atoms with E-state index in [9.17, 15) is 19.4 Å². The van der Waals surface area contributed by atoms with Crippen molar-refractivity contribution in [1.29, 1.82) is 0 Å². The molecule has 1 amide bonds. The van der Waals surface area contributed by atoms with Crippen LogP contribution in [-0.2, 0) is 18.4 Å². The zero-order valence-electron chi connectivity index (χ0n) is 45.4. The van der Waals surface area contributed by atoms with E-state index in [4.69, 9.17) is 9.05 Å². The molecule has 0 aromatic carbocycles. The zero-order chi connectivity index (χ0) is 49.2. The average Bonchev–Trinajstić information content (AvgIpc) is 3.29. The Labute approximate surface area is 417 Å². The second kappa shape index (κ2) is 49.9. The number of amides is 1. The number of nitrogens with zero attached hydrogens (tertiary/aromatic N) is 1. The van der Waals surface area contributed by atoms with E-state index < -0.39 is 20.0 Å². The van der Waals surface area contributed by atoms with Gasteiger partial charge in [-0.2, -0.15) is 0 Å². The van der Waals surface area contributed by atoms with Crippen molar-refractivity contribution in [2.75, 3.05) is 40.9 Å². The highest BCUT2D eigenvalue weighted by atomic mass is 31.2. The number of aliphatic hydroxyl groups is 1. The molecule has 0 heterocycles. The maximum absolute atomic E-state index is 12.9. The van der Waals surface area contributed by atoms with Gasteiger partial charge in [0.05, 0.1) is 39.9 Å². The molecule has 3 unspecified atom stereocenters. The van der Waals surface area contributed by atoms with E-state index in [1.807, 2.05) is 27.2 Å².